The molecule has 2 heterocycles. The molecule has 5 nitrogen and oxygen atoms in total. The van der Waals surface area contributed by atoms with Crippen LogP contribution in [0.25, 0.3) is 0 Å². The molecule has 0 aromatic heterocycles. The second-order valence-corrected chi connectivity index (χ2v) is 6.73. The molecule has 1 aromatic rings. The Hall–Kier alpha value is -1.63. The van der Waals surface area contributed by atoms with E-state index in [2.05, 4.69) is 15.9 Å². The van der Waals surface area contributed by atoms with Gasteiger partial charge in [0, 0.05) is 43.7 Å². The second kappa shape index (κ2) is 6.86. The second-order valence-electron chi connectivity index (χ2n) is 5.88. The van der Waals surface area contributed by atoms with Crippen molar-refractivity contribution in [2.45, 2.75) is 12.8 Å². The van der Waals surface area contributed by atoms with Gasteiger partial charge in [-0.1, -0.05) is 0 Å². The lowest BCUT2D eigenvalue weighted by Gasteiger charge is -2.36. The van der Waals surface area contributed by atoms with Crippen LogP contribution < -0.4 is 0 Å². The molecule has 0 bridgehead atoms. The first-order valence-corrected chi connectivity index (χ1v) is 8.64. The minimum Gasteiger partial charge on any atom is -0.335 e. The Morgan fingerprint density at radius 3 is 2.13 bits per heavy atom. The molecule has 0 N–H and O–H groups in total. The summed E-state index contributed by atoms with van der Waals surface area (Å²) in [4.78, 5) is 30.2. The minimum absolute atomic E-state index is 0.0709. The van der Waals surface area contributed by atoms with Crippen molar-refractivity contribution in [1.82, 2.24) is 14.7 Å². The summed E-state index contributed by atoms with van der Waals surface area (Å²) in [6.45, 7) is 3.65. The standard InChI is InChI=1S/C16H19BrFN3O2/c17-14-4-3-12(18)11-13(14)15(22)19-7-9-21(10-8-19)16(23)20-5-1-2-6-20/h3-4,11H,1-2,5-10H2. The summed E-state index contributed by atoms with van der Waals surface area (Å²) >= 11 is 3.29. The number of nitrogens with zero attached hydrogens (tertiary/aromatic N) is 3. The predicted octanol–water partition coefficient (Wildman–Crippen LogP) is 2.56. The Kier molecular flexibility index (Phi) is 4.84. The van der Waals surface area contributed by atoms with Crippen molar-refractivity contribution in [2.75, 3.05) is 39.3 Å². The fourth-order valence-corrected chi connectivity index (χ4v) is 3.46. The number of halogens is 2. The van der Waals surface area contributed by atoms with Crippen molar-refractivity contribution in [1.29, 1.82) is 0 Å². The number of amides is 3. The molecule has 3 rings (SSSR count). The molecule has 7 heteroatoms. The van der Waals surface area contributed by atoms with Gasteiger partial charge in [-0.05, 0) is 47.0 Å². The monoisotopic (exact) mass is 383 g/mol. The lowest BCUT2D eigenvalue weighted by molar-refractivity contribution is 0.0643. The van der Waals surface area contributed by atoms with Gasteiger partial charge in [-0.3, -0.25) is 4.79 Å². The zero-order valence-electron chi connectivity index (χ0n) is 12.8. The van der Waals surface area contributed by atoms with Gasteiger partial charge in [0.1, 0.15) is 5.82 Å². The molecule has 23 heavy (non-hydrogen) atoms. The van der Waals surface area contributed by atoms with Crippen LogP contribution >= 0.6 is 15.9 Å². The van der Waals surface area contributed by atoms with Gasteiger partial charge in [0.2, 0.25) is 0 Å². The fourth-order valence-electron chi connectivity index (χ4n) is 3.04. The molecule has 2 aliphatic heterocycles. The summed E-state index contributed by atoms with van der Waals surface area (Å²) < 4.78 is 13.9. The van der Waals surface area contributed by atoms with Crippen LogP contribution in [-0.4, -0.2) is 65.9 Å². The number of carbonyl (C=O) groups is 2. The molecule has 2 saturated heterocycles. The summed E-state index contributed by atoms with van der Waals surface area (Å²) in [7, 11) is 0. The van der Waals surface area contributed by atoms with Gasteiger partial charge in [0.05, 0.1) is 5.56 Å². The predicted molar refractivity (Wildman–Crippen MR) is 87.8 cm³/mol. The van der Waals surface area contributed by atoms with Crippen LogP contribution in [0, 0.1) is 5.82 Å². The highest BCUT2D eigenvalue weighted by atomic mass is 79.9. The largest absolute Gasteiger partial charge is 0.335 e. The average molecular weight is 384 g/mol. The van der Waals surface area contributed by atoms with Crippen LogP contribution in [-0.2, 0) is 0 Å². The van der Waals surface area contributed by atoms with Crippen LogP contribution in [0.3, 0.4) is 0 Å². The van der Waals surface area contributed by atoms with E-state index >= 15 is 0 Å². The van der Waals surface area contributed by atoms with Crippen molar-refractivity contribution in [3.63, 3.8) is 0 Å². The number of carbonyl (C=O) groups excluding carboxylic acids is 2. The van der Waals surface area contributed by atoms with Gasteiger partial charge in [0.15, 0.2) is 0 Å². The summed E-state index contributed by atoms with van der Waals surface area (Å²) in [5.41, 5.74) is 0.323. The molecule has 0 radical (unpaired) electrons. The third-order valence-corrected chi connectivity index (χ3v) is 5.06. The number of hydrogen-bond donors (Lipinski definition) is 0. The summed E-state index contributed by atoms with van der Waals surface area (Å²) in [5.74, 6) is -0.635. The van der Waals surface area contributed by atoms with E-state index < -0.39 is 5.82 Å². The van der Waals surface area contributed by atoms with Crippen molar-refractivity contribution in [3.05, 3.63) is 34.1 Å². The highest BCUT2D eigenvalue weighted by Gasteiger charge is 2.29. The molecule has 0 unspecified atom stereocenters. The maximum absolute atomic E-state index is 13.4. The van der Waals surface area contributed by atoms with Crippen LogP contribution in [0.2, 0.25) is 0 Å². The Morgan fingerprint density at radius 1 is 0.913 bits per heavy atom. The number of likely N-dealkylation sites (tertiary alicyclic amines) is 1. The fraction of sp³-hybridized carbons (Fsp3) is 0.500. The lowest BCUT2D eigenvalue weighted by atomic mass is 10.1. The van der Waals surface area contributed by atoms with Crippen molar-refractivity contribution in [3.8, 4) is 0 Å². The highest BCUT2D eigenvalue weighted by molar-refractivity contribution is 9.10. The van der Waals surface area contributed by atoms with Crippen LogP contribution in [0.1, 0.15) is 23.2 Å². The quantitative estimate of drug-likeness (QED) is 0.747. The average Bonchev–Trinajstić information content (AvgIpc) is 3.10. The topological polar surface area (TPSA) is 43.9 Å². The lowest BCUT2D eigenvalue weighted by Crippen LogP contribution is -2.53. The maximum Gasteiger partial charge on any atom is 0.320 e. The third kappa shape index (κ3) is 3.49. The molecular formula is C16H19BrFN3O2. The highest BCUT2D eigenvalue weighted by Crippen LogP contribution is 2.21. The van der Waals surface area contributed by atoms with E-state index in [0.717, 1.165) is 25.9 Å². The molecule has 3 amide bonds. The molecule has 0 aliphatic carbocycles. The summed E-state index contributed by atoms with van der Waals surface area (Å²) in [6, 6.07) is 4.17. The van der Waals surface area contributed by atoms with Gasteiger partial charge >= 0.3 is 6.03 Å². The maximum atomic E-state index is 13.4. The first-order chi connectivity index (χ1) is 11.1. The Balaban J connectivity index is 1.61. The van der Waals surface area contributed by atoms with Gasteiger partial charge < -0.3 is 14.7 Å². The van der Waals surface area contributed by atoms with E-state index in [4.69, 9.17) is 0 Å². The number of rotatable bonds is 1. The molecule has 0 saturated carbocycles. The molecule has 2 aliphatic rings. The van der Waals surface area contributed by atoms with E-state index in [1.165, 1.54) is 18.2 Å². The Bertz CT molecular complexity index is 611. The van der Waals surface area contributed by atoms with Crippen molar-refractivity contribution in [2.24, 2.45) is 0 Å². The minimum atomic E-state index is -0.431. The van der Waals surface area contributed by atoms with Crippen LogP contribution in [0.15, 0.2) is 22.7 Å². The zero-order valence-corrected chi connectivity index (χ0v) is 14.4. The molecule has 2 fully saturated rings. The smallest absolute Gasteiger partial charge is 0.320 e. The number of piperazine rings is 1. The van der Waals surface area contributed by atoms with Crippen LogP contribution in [0.5, 0.6) is 0 Å². The van der Waals surface area contributed by atoms with E-state index in [9.17, 15) is 14.0 Å². The van der Waals surface area contributed by atoms with E-state index in [-0.39, 0.29) is 11.9 Å². The normalized spacial score (nSPS) is 18.4. The Labute approximate surface area is 143 Å². The first kappa shape index (κ1) is 16.2. The molecule has 0 atom stereocenters. The number of urea groups is 1. The van der Waals surface area contributed by atoms with Gasteiger partial charge in [-0.15, -0.1) is 0 Å². The first-order valence-electron chi connectivity index (χ1n) is 7.84. The molecule has 1 aromatic carbocycles. The van der Waals surface area contributed by atoms with E-state index in [1.807, 2.05) is 4.90 Å². The number of benzene rings is 1. The summed E-state index contributed by atoms with van der Waals surface area (Å²) in [5, 5.41) is 0. The zero-order chi connectivity index (χ0) is 16.4. The SMILES string of the molecule is O=C(c1cc(F)ccc1Br)N1CCN(C(=O)N2CCCC2)CC1. The number of hydrogen-bond acceptors (Lipinski definition) is 2. The van der Waals surface area contributed by atoms with Crippen molar-refractivity contribution < 1.29 is 14.0 Å². The van der Waals surface area contributed by atoms with E-state index in [0.29, 0.717) is 36.2 Å². The molecular weight excluding hydrogens is 365 g/mol. The van der Waals surface area contributed by atoms with Crippen LogP contribution in [0.4, 0.5) is 9.18 Å². The molecule has 0 spiro atoms. The molecule has 124 valence electrons. The van der Waals surface area contributed by atoms with E-state index in [1.54, 1.807) is 9.80 Å². The summed E-state index contributed by atoms with van der Waals surface area (Å²) in [6.07, 6.45) is 2.13. The third-order valence-electron chi connectivity index (χ3n) is 4.37. The Morgan fingerprint density at radius 2 is 1.48 bits per heavy atom. The van der Waals surface area contributed by atoms with Gasteiger partial charge in [0.25, 0.3) is 5.91 Å². The van der Waals surface area contributed by atoms with Gasteiger partial charge in [-0.25, -0.2) is 9.18 Å². The van der Waals surface area contributed by atoms with Gasteiger partial charge in [-0.2, -0.15) is 0 Å². The van der Waals surface area contributed by atoms with Crippen molar-refractivity contribution >= 4 is 27.9 Å².